The fourth-order valence-corrected chi connectivity index (χ4v) is 2.65. The summed E-state index contributed by atoms with van der Waals surface area (Å²) in [6.45, 7) is 2.12. The number of likely N-dealkylation sites (tertiary alicyclic amines) is 1. The van der Waals surface area contributed by atoms with Crippen LogP contribution in [0.3, 0.4) is 0 Å². The number of carbonyl (C=O) groups excluding carboxylic acids is 1. The molecule has 1 saturated heterocycles. The highest BCUT2D eigenvalue weighted by molar-refractivity contribution is 5.83. The van der Waals surface area contributed by atoms with Crippen molar-refractivity contribution in [3.63, 3.8) is 0 Å². The SMILES string of the molecule is O=C(CN1CCCCCCC1)NN=Cc1ccc(C(F)(F)F)cc1. The lowest BCUT2D eigenvalue weighted by molar-refractivity contribution is -0.137. The number of hydrazone groups is 1. The fourth-order valence-electron chi connectivity index (χ4n) is 2.65. The Balaban J connectivity index is 1.79. The van der Waals surface area contributed by atoms with Crippen molar-refractivity contribution in [1.29, 1.82) is 0 Å². The quantitative estimate of drug-likeness (QED) is 0.674. The first kappa shape index (κ1) is 18.4. The molecular formula is C17H22F3N3O. The van der Waals surface area contributed by atoms with E-state index >= 15 is 0 Å². The molecule has 7 heteroatoms. The Labute approximate surface area is 139 Å². The van der Waals surface area contributed by atoms with Gasteiger partial charge in [0.1, 0.15) is 0 Å². The number of carbonyl (C=O) groups is 1. The van der Waals surface area contributed by atoms with Crippen LogP contribution >= 0.6 is 0 Å². The molecule has 132 valence electrons. The number of hydrogen-bond donors (Lipinski definition) is 1. The molecule has 0 unspecified atom stereocenters. The Kier molecular flexibility index (Phi) is 6.78. The van der Waals surface area contributed by atoms with Gasteiger partial charge in [-0.05, 0) is 43.6 Å². The van der Waals surface area contributed by atoms with Crippen molar-refractivity contribution in [3.05, 3.63) is 35.4 Å². The molecule has 0 spiro atoms. The lowest BCUT2D eigenvalue weighted by Gasteiger charge is -2.23. The van der Waals surface area contributed by atoms with Gasteiger partial charge in [-0.25, -0.2) is 5.43 Å². The van der Waals surface area contributed by atoms with Crippen LogP contribution in [0, 0.1) is 0 Å². The second kappa shape index (κ2) is 8.82. The van der Waals surface area contributed by atoms with Gasteiger partial charge in [0.15, 0.2) is 0 Å². The zero-order chi connectivity index (χ0) is 17.4. The molecule has 1 N–H and O–H groups in total. The van der Waals surface area contributed by atoms with Gasteiger partial charge in [-0.1, -0.05) is 31.4 Å². The van der Waals surface area contributed by atoms with Gasteiger partial charge >= 0.3 is 6.18 Å². The summed E-state index contributed by atoms with van der Waals surface area (Å²) in [5, 5.41) is 3.81. The summed E-state index contributed by atoms with van der Waals surface area (Å²) in [5.74, 6) is -0.210. The van der Waals surface area contributed by atoms with Crippen LogP contribution in [-0.4, -0.2) is 36.7 Å². The van der Waals surface area contributed by atoms with Crippen LogP contribution in [0.4, 0.5) is 13.2 Å². The summed E-state index contributed by atoms with van der Waals surface area (Å²) in [4.78, 5) is 14.0. The molecule has 0 aliphatic carbocycles. The lowest BCUT2D eigenvalue weighted by Crippen LogP contribution is -2.37. The van der Waals surface area contributed by atoms with E-state index in [1.807, 2.05) is 0 Å². The summed E-state index contributed by atoms with van der Waals surface area (Å²) >= 11 is 0. The van der Waals surface area contributed by atoms with Crippen molar-refractivity contribution in [3.8, 4) is 0 Å². The summed E-state index contributed by atoms with van der Waals surface area (Å²) in [7, 11) is 0. The molecule has 0 aromatic heterocycles. The van der Waals surface area contributed by atoms with Crippen LogP contribution in [0.5, 0.6) is 0 Å². The molecule has 4 nitrogen and oxygen atoms in total. The zero-order valence-corrected chi connectivity index (χ0v) is 13.5. The summed E-state index contributed by atoms with van der Waals surface area (Å²) in [6, 6.07) is 4.61. The molecule has 1 aromatic carbocycles. The highest BCUT2D eigenvalue weighted by Crippen LogP contribution is 2.28. The van der Waals surface area contributed by atoms with E-state index in [1.54, 1.807) is 0 Å². The van der Waals surface area contributed by atoms with E-state index in [2.05, 4.69) is 15.4 Å². The average molecular weight is 341 g/mol. The number of halogens is 3. The van der Waals surface area contributed by atoms with Crippen LogP contribution in [0.25, 0.3) is 0 Å². The van der Waals surface area contributed by atoms with Crippen LogP contribution < -0.4 is 5.43 Å². The van der Waals surface area contributed by atoms with Gasteiger partial charge in [0.05, 0.1) is 18.3 Å². The second-order valence-corrected chi connectivity index (χ2v) is 5.96. The monoisotopic (exact) mass is 341 g/mol. The predicted octanol–water partition coefficient (Wildman–Crippen LogP) is 3.42. The van der Waals surface area contributed by atoms with Crippen LogP contribution in [-0.2, 0) is 11.0 Å². The van der Waals surface area contributed by atoms with E-state index < -0.39 is 11.7 Å². The first-order valence-corrected chi connectivity index (χ1v) is 8.17. The Morgan fingerprint density at radius 3 is 2.25 bits per heavy atom. The molecule has 1 heterocycles. The van der Waals surface area contributed by atoms with E-state index in [1.165, 1.54) is 37.6 Å². The Morgan fingerprint density at radius 2 is 1.67 bits per heavy atom. The van der Waals surface area contributed by atoms with E-state index in [-0.39, 0.29) is 5.91 Å². The van der Waals surface area contributed by atoms with Crippen LogP contribution in [0.2, 0.25) is 0 Å². The molecule has 1 aliphatic heterocycles. The number of nitrogens with one attached hydrogen (secondary N) is 1. The van der Waals surface area contributed by atoms with Gasteiger partial charge in [-0.2, -0.15) is 18.3 Å². The average Bonchev–Trinajstić information content (AvgIpc) is 2.49. The second-order valence-electron chi connectivity index (χ2n) is 5.96. The maximum atomic E-state index is 12.5. The molecular weight excluding hydrogens is 319 g/mol. The standard InChI is InChI=1S/C17H22F3N3O/c18-17(19,20)15-8-6-14(7-9-15)12-21-22-16(24)13-23-10-4-2-1-3-5-11-23/h6-9,12H,1-5,10-11,13H2,(H,22,24). The maximum absolute atomic E-state index is 12.5. The topological polar surface area (TPSA) is 44.7 Å². The number of nitrogens with zero attached hydrogens (tertiary/aromatic N) is 2. The number of rotatable bonds is 4. The Bertz CT molecular complexity index is 547. The highest BCUT2D eigenvalue weighted by atomic mass is 19.4. The van der Waals surface area contributed by atoms with Gasteiger partial charge in [-0.3, -0.25) is 9.69 Å². The van der Waals surface area contributed by atoms with E-state index in [4.69, 9.17) is 0 Å². The van der Waals surface area contributed by atoms with Gasteiger partial charge < -0.3 is 0 Å². The normalized spacial score (nSPS) is 17.5. The molecule has 1 amide bonds. The van der Waals surface area contributed by atoms with Gasteiger partial charge in [0.2, 0.25) is 0 Å². The molecule has 0 radical (unpaired) electrons. The summed E-state index contributed by atoms with van der Waals surface area (Å²) in [6.07, 6.45) is 2.84. The molecule has 2 rings (SSSR count). The van der Waals surface area contributed by atoms with Crippen molar-refractivity contribution in [2.24, 2.45) is 5.10 Å². The van der Waals surface area contributed by atoms with Crippen molar-refractivity contribution in [2.45, 2.75) is 38.3 Å². The maximum Gasteiger partial charge on any atom is 0.416 e. The van der Waals surface area contributed by atoms with Gasteiger partial charge in [0.25, 0.3) is 5.91 Å². The van der Waals surface area contributed by atoms with Crippen LogP contribution in [0.1, 0.15) is 43.2 Å². The molecule has 1 fully saturated rings. The highest BCUT2D eigenvalue weighted by Gasteiger charge is 2.29. The molecule has 1 aromatic rings. The molecule has 0 bridgehead atoms. The van der Waals surface area contributed by atoms with E-state index in [9.17, 15) is 18.0 Å². The predicted molar refractivity (Wildman–Crippen MR) is 86.7 cm³/mol. The van der Waals surface area contributed by atoms with E-state index in [0.717, 1.165) is 38.1 Å². The number of hydrogen-bond acceptors (Lipinski definition) is 3. The minimum Gasteiger partial charge on any atom is -0.294 e. The van der Waals surface area contributed by atoms with Gasteiger partial charge in [0, 0.05) is 0 Å². The minimum atomic E-state index is -4.35. The Hall–Kier alpha value is -1.89. The molecule has 0 saturated carbocycles. The zero-order valence-electron chi connectivity index (χ0n) is 13.5. The fraction of sp³-hybridized carbons (Fsp3) is 0.529. The molecule has 24 heavy (non-hydrogen) atoms. The van der Waals surface area contributed by atoms with Crippen molar-refractivity contribution >= 4 is 12.1 Å². The third kappa shape index (κ3) is 6.31. The molecule has 1 aliphatic rings. The van der Waals surface area contributed by atoms with Crippen molar-refractivity contribution in [2.75, 3.05) is 19.6 Å². The number of benzene rings is 1. The number of amides is 1. The largest absolute Gasteiger partial charge is 0.416 e. The first-order valence-electron chi connectivity index (χ1n) is 8.17. The van der Waals surface area contributed by atoms with Crippen LogP contribution in [0.15, 0.2) is 29.4 Å². The van der Waals surface area contributed by atoms with Crippen molar-refractivity contribution in [1.82, 2.24) is 10.3 Å². The lowest BCUT2D eigenvalue weighted by atomic mass is 10.1. The number of alkyl halides is 3. The smallest absolute Gasteiger partial charge is 0.294 e. The van der Waals surface area contributed by atoms with Crippen molar-refractivity contribution < 1.29 is 18.0 Å². The minimum absolute atomic E-state index is 0.210. The summed E-state index contributed by atoms with van der Waals surface area (Å²) < 4.78 is 37.4. The summed E-state index contributed by atoms with van der Waals surface area (Å²) in [5.41, 5.74) is 2.21. The first-order chi connectivity index (χ1) is 11.4. The third-order valence-corrected chi connectivity index (χ3v) is 3.96. The molecule has 0 atom stereocenters. The van der Waals surface area contributed by atoms with Gasteiger partial charge in [-0.15, -0.1) is 0 Å². The van der Waals surface area contributed by atoms with E-state index in [0.29, 0.717) is 12.1 Å². The third-order valence-electron chi connectivity index (χ3n) is 3.96. The Morgan fingerprint density at radius 1 is 1.08 bits per heavy atom.